The van der Waals surface area contributed by atoms with E-state index in [4.69, 9.17) is 9.47 Å². The van der Waals surface area contributed by atoms with E-state index in [0.29, 0.717) is 31.1 Å². The molecule has 0 saturated carbocycles. The Balaban J connectivity index is 1.84. The van der Waals surface area contributed by atoms with Gasteiger partial charge in [-0.3, -0.25) is 9.69 Å². The summed E-state index contributed by atoms with van der Waals surface area (Å²) >= 11 is 0. The molecule has 0 heterocycles. The molecule has 0 saturated heterocycles. The highest BCUT2D eigenvalue weighted by molar-refractivity contribution is 5.93. The van der Waals surface area contributed by atoms with E-state index in [9.17, 15) is 4.79 Å². The maximum absolute atomic E-state index is 12.3. The third-order valence-corrected chi connectivity index (χ3v) is 3.71. The molecule has 0 aliphatic rings. The van der Waals surface area contributed by atoms with Crippen LogP contribution >= 0.6 is 0 Å². The summed E-state index contributed by atoms with van der Waals surface area (Å²) in [6.45, 7) is 4.51. The highest BCUT2D eigenvalue weighted by Gasteiger charge is 2.12. The van der Waals surface area contributed by atoms with Gasteiger partial charge >= 0.3 is 0 Å². The molecule has 0 unspecified atom stereocenters. The predicted molar refractivity (Wildman–Crippen MR) is 100 cm³/mol. The van der Waals surface area contributed by atoms with E-state index in [1.807, 2.05) is 54.6 Å². The number of nitrogens with one attached hydrogen (secondary N) is 1. The molecule has 2 aromatic carbocycles. The Hall–Kier alpha value is -2.53. The van der Waals surface area contributed by atoms with Crippen LogP contribution in [0, 0.1) is 0 Å². The van der Waals surface area contributed by atoms with Crippen molar-refractivity contribution < 1.29 is 14.3 Å². The smallest absolute Gasteiger partial charge is 0.238 e. The van der Waals surface area contributed by atoms with E-state index >= 15 is 0 Å². The number of anilines is 1. The number of amides is 1. The van der Waals surface area contributed by atoms with Crippen molar-refractivity contribution in [2.45, 2.75) is 13.3 Å². The first-order valence-corrected chi connectivity index (χ1v) is 8.56. The lowest BCUT2D eigenvalue weighted by Gasteiger charge is -2.21. The Morgan fingerprint density at radius 3 is 2.48 bits per heavy atom. The molecule has 134 valence electrons. The van der Waals surface area contributed by atoms with Crippen LogP contribution in [0.4, 0.5) is 5.69 Å². The van der Waals surface area contributed by atoms with Crippen molar-refractivity contribution in [3.05, 3.63) is 54.6 Å². The zero-order chi connectivity index (χ0) is 17.9. The summed E-state index contributed by atoms with van der Waals surface area (Å²) in [6.07, 6.45) is 0.979. The van der Waals surface area contributed by atoms with Gasteiger partial charge in [0.1, 0.15) is 18.1 Å². The standard InChI is InChI=1S/C20H26N2O3/c1-3-13-22(14-15-25-17-9-5-4-6-10-17)16-20(23)21-18-11-7-8-12-19(18)24-2/h4-12H,3,13-16H2,1-2H3,(H,21,23). The minimum atomic E-state index is -0.0577. The first-order valence-electron chi connectivity index (χ1n) is 8.56. The Kier molecular flexibility index (Phi) is 7.79. The van der Waals surface area contributed by atoms with Gasteiger partial charge in [0.2, 0.25) is 5.91 Å². The van der Waals surface area contributed by atoms with Crippen LogP contribution in [0.3, 0.4) is 0 Å². The van der Waals surface area contributed by atoms with Crippen LogP contribution in [0.5, 0.6) is 11.5 Å². The molecule has 25 heavy (non-hydrogen) atoms. The normalized spacial score (nSPS) is 10.5. The van der Waals surface area contributed by atoms with Gasteiger partial charge in [-0.25, -0.2) is 0 Å². The maximum atomic E-state index is 12.3. The topological polar surface area (TPSA) is 50.8 Å². The number of carbonyl (C=O) groups is 1. The first kappa shape index (κ1) is 18.8. The van der Waals surface area contributed by atoms with Crippen LogP contribution in [-0.2, 0) is 4.79 Å². The number of rotatable bonds is 10. The monoisotopic (exact) mass is 342 g/mol. The van der Waals surface area contributed by atoms with Crippen molar-refractivity contribution in [1.82, 2.24) is 4.90 Å². The second-order valence-electron chi connectivity index (χ2n) is 5.69. The van der Waals surface area contributed by atoms with Crippen molar-refractivity contribution in [3.63, 3.8) is 0 Å². The highest BCUT2D eigenvalue weighted by Crippen LogP contribution is 2.22. The van der Waals surface area contributed by atoms with Crippen molar-refractivity contribution >= 4 is 11.6 Å². The van der Waals surface area contributed by atoms with Gasteiger partial charge in [0.05, 0.1) is 19.3 Å². The van der Waals surface area contributed by atoms with Crippen molar-refractivity contribution in [1.29, 1.82) is 0 Å². The fraction of sp³-hybridized carbons (Fsp3) is 0.350. The lowest BCUT2D eigenvalue weighted by Crippen LogP contribution is -2.36. The maximum Gasteiger partial charge on any atom is 0.238 e. The molecule has 0 fully saturated rings. The molecule has 0 aliphatic heterocycles. The predicted octanol–water partition coefficient (Wildman–Crippen LogP) is 3.42. The molecule has 1 amide bonds. The minimum Gasteiger partial charge on any atom is -0.495 e. The number of ether oxygens (including phenoxy) is 2. The lowest BCUT2D eigenvalue weighted by atomic mass is 10.3. The summed E-state index contributed by atoms with van der Waals surface area (Å²) in [5, 5.41) is 2.91. The minimum absolute atomic E-state index is 0.0577. The Morgan fingerprint density at radius 1 is 1.04 bits per heavy atom. The van der Waals surface area contributed by atoms with Crippen molar-refractivity contribution in [2.24, 2.45) is 0 Å². The average molecular weight is 342 g/mol. The molecular weight excluding hydrogens is 316 g/mol. The van der Waals surface area contributed by atoms with Gasteiger partial charge in [0.15, 0.2) is 0 Å². The lowest BCUT2D eigenvalue weighted by molar-refractivity contribution is -0.117. The highest BCUT2D eigenvalue weighted by atomic mass is 16.5. The molecule has 1 N–H and O–H groups in total. The number of nitrogens with zero attached hydrogens (tertiary/aromatic N) is 1. The molecular formula is C20H26N2O3. The zero-order valence-corrected chi connectivity index (χ0v) is 14.9. The van der Waals surface area contributed by atoms with Gasteiger partial charge in [-0.15, -0.1) is 0 Å². The van der Waals surface area contributed by atoms with Gasteiger partial charge in [-0.05, 0) is 37.2 Å². The molecule has 5 nitrogen and oxygen atoms in total. The van der Waals surface area contributed by atoms with Crippen LogP contribution in [-0.4, -0.2) is 44.2 Å². The number of para-hydroxylation sites is 3. The third kappa shape index (κ3) is 6.47. The van der Waals surface area contributed by atoms with Crippen LogP contribution in [0.15, 0.2) is 54.6 Å². The molecule has 0 bridgehead atoms. The van der Waals surface area contributed by atoms with E-state index < -0.39 is 0 Å². The van der Waals surface area contributed by atoms with Crippen LogP contribution in [0.25, 0.3) is 0 Å². The Bertz CT molecular complexity index is 646. The van der Waals surface area contributed by atoms with Gasteiger partial charge in [0.25, 0.3) is 0 Å². The van der Waals surface area contributed by atoms with Crippen LogP contribution < -0.4 is 14.8 Å². The summed E-state index contributed by atoms with van der Waals surface area (Å²) in [5.41, 5.74) is 0.687. The van der Waals surface area contributed by atoms with E-state index in [1.54, 1.807) is 7.11 Å². The fourth-order valence-corrected chi connectivity index (χ4v) is 2.54. The molecule has 2 rings (SSSR count). The van der Waals surface area contributed by atoms with Crippen molar-refractivity contribution in [3.8, 4) is 11.5 Å². The Morgan fingerprint density at radius 2 is 1.76 bits per heavy atom. The average Bonchev–Trinajstić information content (AvgIpc) is 2.63. The number of methoxy groups -OCH3 is 1. The van der Waals surface area contributed by atoms with Gasteiger partial charge < -0.3 is 14.8 Å². The van der Waals surface area contributed by atoms with Crippen LogP contribution in [0.2, 0.25) is 0 Å². The molecule has 0 aromatic heterocycles. The van der Waals surface area contributed by atoms with Crippen molar-refractivity contribution in [2.75, 3.05) is 38.7 Å². The van der Waals surface area contributed by atoms with E-state index in [-0.39, 0.29) is 5.91 Å². The van der Waals surface area contributed by atoms with Crippen LogP contribution in [0.1, 0.15) is 13.3 Å². The number of carbonyl (C=O) groups excluding carboxylic acids is 1. The third-order valence-electron chi connectivity index (χ3n) is 3.71. The number of hydrogen-bond donors (Lipinski definition) is 1. The molecule has 0 radical (unpaired) electrons. The van der Waals surface area contributed by atoms with E-state index in [0.717, 1.165) is 18.7 Å². The quantitative estimate of drug-likeness (QED) is 0.719. The largest absolute Gasteiger partial charge is 0.495 e. The van der Waals surface area contributed by atoms with E-state index in [2.05, 4.69) is 17.1 Å². The molecule has 5 heteroatoms. The molecule has 0 spiro atoms. The Labute approximate surface area is 149 Å². The van der Waals surface area contributed by atoms with Gasteiger partial charge in [-0.1, -0.05) is 37.3 Å². The zero-order valence-electron chi connectivity index (χ0n) is 14.9. The first-order chi connectivity index (χ1) is 12.2. The van der Waals surface area contributed by atoms with E-state index in [1.165, 1.54) is 0 Å². The summed E-state index contributed by atoms with van der Waals surface area (Å²) in [6, 6.07) is 17.1. The SMILES string of the molecule is CCCN(CCOc1ccccc1)CC(=O)Nc1ccccc1OC. The van der Waals surface area contributed by atoms with Gasteiger partial charge in [-0.2, -0.15) is 0 Å². The number of benzene rings is 2. The fourth-order valence-electron chi connectivity index (χ4n) is 2.54. The molecule has 2 aromatic rings. The number of hydrogen-bond acceptors (Lipinski definition) is 4. The second kappa shape index (κ2) is 10.4. The molecule has 0 atom stereocenters. The second-order valence-corrected chi connectivity index (χ2v) is 5.69. The summed E-state index contributed by atoms with van der Waals surface area (Å²) in [7, 11) is 1.59. The molecule has 0 aliphatic carbocycles. The summed E-state index contributed by atoms with van der Waals surface area (Å²) in [5.74, 6) is 1.44. The summed E-state index contributed by atoms with van der Waals surface area (Å²) in [4.78, 5) is 14.4. The summed E-state index contributed by atoms with van der Waals surface area (Å²) < 4.78 is 11.0. The van der Waals surface area contributed by atoms with Gasteiger partial charge in [0, 0.05) is 6.54 Å².